The molecule has 0 aliphatic heterocycles. The molecule has 0 amide bonds. The smallest absolute Gasteiger partial charge is 0.225 e. The van der Waals surface area contributed by atoms with Crippen LogP contribution in [0.4, 0.5) is 0 Å². The van der Waals surface area contributed by atoms with Gasteiger partial charge in [0.25, 0.3) is 10.0 Å². The fourth-order valence-electron chi connectivity index (χ4n) is 1.72. The minimum Gasteiger partial charge on any atom is -0.225 e. The molecule has 1 heterocycles. The van der Waals surface area contributed by atoms with E-state index >= 15 is 0 Å². The second kappa shape index (κ2) is 5.85. The van der Waals surface area contributed by atoms with Crippen molar-refractivity contribution >= 4 is 31.4 Å². The molecule has 9 heteroatoms. The van der Waals surface area contributed by atoms with Crippen LogP contribution in [0.1, 0.15) is 18.5 Å². The van der Waals surface area contributed by atoms with Crippen molar-refractivity contribution in [3.8, 4) is 0 Å². The van der Waals surface area contributed by atoms with Gasteiger partial charge in [0.05, 0.1) is 4.90 Å². The van der Waals surface area contributed by atoms with Gasteiger partial charge in [0.15, 0.2) is 0 Å². The molecular formula is C12H14N2O4S3. The highest BCUT2D eigenvalue weighted by atomic mass is 32.2. The van der Waals surface area contributed by atoms with Crippen LogP contribution in [0.5, 0.6) is 0 Å². The average molecular weight is 346 g/mol. The zero-order chi connectivity index (χ0) is 15.7. The lowest BCUT2D eigenvalue weighted by atomic mass is 10.1. The summed E-state index contributed by atoms with van der Waals surface area (Å²) in [6.45, 7) is 1.68. The number of hydrogen-bond donors (Lipinski definition) is 2. The van der Waals surface area contributed by atoms with E-state index in [0.717, 1.165) is 11.3 Å². The predicted molar refractivity (Wildman–Crippen MR) is 80.9 cm³/mol. The monoisotopic (exact) mass is 346 g/mol. The van der Waals surface area contributed by atoms with Crippen molar-refractivity contribution in [2.24, 2.45) is 5.14 Å². The van der Waals surface area contributed by atoms with E-state index in [1.807, 2.05) is 0 Å². The van der Waals surface area contributed by atoms with Crippen LogP contribution in [0.2, 0.25) is 0 Å². The third kappa shape index (κ3) is 3.89. The van der Waals surface area contributed by atoms with E-state index in [1.165, 1.54) is 30.3 Å². The highest BCUT2D eigenvalue weighted by Gasteiger charge is 2.19. The third-order valence-corrected chi connectivity index (χ3v) is 6.67. The molecule has 2 aromatic rings. The lowest BCUT2D eigenvalue weighted by Gasteiger charge is -2.14. The molecule has 0 fully saturated rings. The quantitative estimate of drug-likeness (QED) is 0.854. The number of rotatable bonds is 5. The lowest BCUT2D eigenvalue weighted by Crippen LogP contribution is -2.26. The van der Waals surface area contributed by atoms with Crippen LogP contribution < -0.4 is 9.86 Å². The molecule has 0 saturated carbocycles. The van der Waals surface area contributed by atoms with Gasteiger partial charge in [-0.1, -0.05) is 18.2 Å². The minimum atomic E-state index is -3.75. The SMILES string of the molecule is C[C@@H](NS(=O)(=O)c1cccs1)c1ccc(S(N)(=O)=O)cc1. The standard InChI is InChI=1S/C12H14N2O4S3/c1-9(14-21(17,18)12-3-2-8-19-12)10-4-6-11(7-5-10)20(13,15)16/h2-9,14H,1H3,(H2,13,15,16)/t9-/m1/s1. The van der Waals surface area contributed by atoms with Gasteiger partial charge in [-0.25, -0.2) is 26.7 Å². The number of benzene rings is 1. The summed E-state index contributed by atoms with van der Waals surface area (Å²) in [7, 11) is -7.33. The van der Waals surface area contributed by atoms with E-state index < -0.39 is 26.1 Å². The van der Waals surface area contributed by atoms with Crippen LogP contribution in [0.3, 0.4) is 0 Å². The van der Waals surface area contributed by atoms with Gasteiger partial charge in [-0.15, -0.1) is 11.3 Å². The average Bonchev–Trinajstić information content (AvgIpc) is 2.92. The van der Waals surface area contributed by atoms with Gasteiger partial charge in [0.2, 0.25) is 10.0 Å². The number of thiophene rings is 1. The van der Waals surface area contributed by atoms with Crippen LogP contribution in [0.15, 0.2) is 50.9 Å². The van der Waals surface area contributed by atoms with Crippen LogP contribution >= 0.6 is 11.3 Å². The first-order valence-corrected chi connectivity index (χ1v) is 9.80. The summed E-state index contributed by atoms with van der Waals surface area (Å²) >= 11 is 1.13. The topological polar surface area (TPSA) is 106 Å². The molecule has 2 rings (SSSR count). The molecule has 0 aliphatic carbocycles. The van der Waals surface area contributed by atoms with Crippen LogP contribution in [-0.2, 0) is 20.0 Å². The molecule has 6 nitrogen and oxygen atoms in total. The van der Waals surface area contributed by atoms with Gasteiger partial charge in [0.1, 0.15) is 4.21 Å². The summed E-state index contributed by atoms with van der Waals surface area (Å²) in [6, 6.07) is 8.44. The zero-order valence-electron chi connectivity index (χ0n) is 11.1. The molecule has 1 aromatic heterocycles. The third-order valence-electron chi connectivity index (χ3n) is 2.80. The Morgan fingerprint density at radius 3 is 2.19 bits per heavy atom. The summed E-state index contributed by atoms with van der Waals surface area (Å²) in [5.74, 6) is 0. The normalized spacial score (nSPS) is 14.0. The first kappa shape index (κ1) is 16.1. The Morgan fingerprint density at radius 1 is 1.10 bits per heavy atom. The molecule has 3 N–H and O–H groups in total. The minimum absolute atomic E-state index is 0.0143. The van der Waals surface area contributed by atoms with E-state index in [1.54, 1.807) is 18.4 Å². The van der Waals surface area contributed by atoms with E-state index in [-0.39, 0.29) is 9.10 Å². The van der Waals surface area contributed by atoms with E-state index in [4.69, 9.17) is 5.14 Å². The van der Waals surface area contributed by atoms with Crippen molar-refractivity contribution in [2.45, 2.75) is 22.1 Å². The van der Waals surface area contributed by atoms with Crippen molar-refractivity contribution in [3.05, 3.63) is 47.3 Å². The fourth-order valence-corrected chi connectivity index (χ4v) is 4.48. The maximum Gasteiger partial charge on any atom is 0.250 e. The molecule has 0 aliphatic rings. The number of sulfonamides is 2. The molecule has 0 bridgehead atoms. The summed E-state index contributed by atoms with van der Waals surface area (Å²) in [5.41, 5.74) is 0.641. The lowest BCUT2D eigenvalue weighted by molar-refractivity contribution is 0.568. The number of nitrogens with two attached hydrogens (primary N) is 1. The van der Waals surface area contributed by atoms with Crippen LogP contribution in [0.25, 0.3) is 0 Å². The van der Waals surface area contributed by atoms with E-state index in [2.05, 4.69) is 4.72 Å². The first-order chi connectivity index (χ1) is 9.70. The van der Waals surface area contributed by atoms with Gasteiger partial charge in [-0.05, 0) is 36.1 Å². The van der Waals surface area contributed by atoms with Gasteiger partial charge in [0, 0.05) is 6.04 Å². The predicted octanol–water partition coefficient (Wildman–Crippen LogP) is 1.44. The van der Waals surface area contributed by atoms with Gasteiger partial charge in [-0.3, -0.25) is 0 Å². The number of primary sulfonamides is 1. The maximum atomic E-state index is 12.1. The molecule has 1 aromatic carbocycles. The van der Waals surface area contributed by atoms with E-state index in [9.17, 15) is 16.8 Å². The van der Waals surface area contributed by atoms with Crippen LogP contribution in [0, 0.1) is 0 Å². The number of nitrogens with one attached hydrogen (secondary N) is 1. The van der Waals surface area contributed by atoms with Crippen molar-refractivity contribution in [1.29, 1.82) is 0 Å². The Labute approximate surface area is 127 Å². The number of hydrogen-bond acceptors (Lipinski definition) is 5. The van der Waals surface area contributed by atoms with Crippen molar-refractivity contribution in [3.63, 3.8) is 0 Å². The molecule has 0 unspecified atom stereocenters. The molecule has 0 saturated heterocycles. The molecular weight excluding hydrogens is 332 g/mol. The van der Waals surface area contributed by atoms with Crippen molar-refractivity contribution in [2.75, 3.05) is 0 Å². The molecule has 0 radical (unpaired) electrons. The van der Waals surface area contributed by atoms with Gasteiger partial charge >= 0.3 is 0 Å². The zero-order valence-corrected chi connectivity index (χ0v) is 13.5. The highest BCUT2D eigenvalue weighted by molar-refractivity contribution is 7.91. The second-order valence-corrected chi connectivity index (χ2v) is 8.84. The molecule has 1 atom stereocenters. The van der Waals surface area contributed by atoms with Crippen molar-refractivity contribution in [1.82, 2.24) is 4.72 Å². The highest BCUT2D eigenvalue weighted by Crippen LogP contribution is 2.21. The van der Waals surface area contributed by atoms with E-state index in [0.29, 0.717) is 5.56 Å². The molecule has 21 heavy (non-hydrogen) atoms. The van der Waals surface area contributed by atoms with Crippen molar-refractivity contribution < 1.29 is 16.8 Å². The van der Waals surface area contributed by atoms with Gasteiger partial charge in [-0.2, -0.15) is 0 Å². The summed E-state index contributed by atoms with van der Waals surface area (Å²) in [4.78, 5) is -0.0143. The maximum absolute atomic E-state index is 12.1. The Bertz CT molecular complexity index is 810. The summed E-state index contributed by atoms with van der Waals surface area (Å²) < 4.78 is 49.3. The Hall–Kier alpha value is -1.26. The molecule has 114 valence electrons. The summed E-state index contributed by atoms with van der Waals surface area (Å²) in [6.07, 6.45) is 0. The second-order valence-electron chi connectivity index (χ2n) is 4.39. The van der Waals surface area contributed by atoms with Gasteiger partial charge < -0.3 is 0 Å². The van der Waals surface area contributed by atoms with Crippen LogP contribution in [-0.4, -0.2) is 16.8 Å². The fraction of sp³-hybridized carbons (Fsp3) is 0.167. The summed E-state index contributed by atoms with van der Waals surface area (Å²) in [5, 5.41) is 6.69. The Morgan fingerprint density at radius 2 is 1.71 bits per heavy atom. The molecule has 0 spiro atoms. The largest absolute Gasteiger partial charge is 0.250 e. The Kier molecular flexibility index (Phi) is 4.49. The first-order valence-electron chi connectivity index (χ1n) is 5.89. The Balaban J connectivity index is 2.20.